The van der Waals surface area contributed by atoms with Gasteiger partial charge >= 0.3 is 0 Å². The van der Waals surface area contributed by atoms with E-state index in [4.69, 9.17) is 5.73 Å². The number of hydrogen-bond donors (Lipinski definition) is 1. The monoisotopic (exact) mass is 270 g/mol. The van der Waals surface area contributed by atoms with E-state index in [-0.39, 0.29) is 5.69 Å². The van der Waals surface area contributed by atoms with Crippen molar-refractivity contribution in [1.29, 1.82) is 0 Å². The molecule has 2 N–H and O–H groups in total. The quantitative estimate of drug-likeness (QED) is 0.391. The normalized spacial score (nSPS) is 11.3. The average molecular weight is 270 g/mol. The van der Waals surface area contributed by atoms with Crippen molar-refractivity contribution >= 4 is 17.3 Å². The van der Waals surface area contributed by atoms with Crippen molar-refractivity contribution in [3.8, 4) is 0 Å². The molecule has 0 aliphatic carbocycles. The van der Waals surface area contributed by atoms with Gasteiger partial charge in [-0.05, 0) is 24.1 Å². The Morgan fingerprint density at radius 2 is 2.00 bits per heavy atom. The molecule has 2 rings (SSSR count). The number of nitrogens with zero attached hydrogens (tertiary/aromatic N) is 3. The lowest BCUT2D eigenvalue weighted by molar-refractivity contribution is -0.384. The number of amidine groups is 1. The number of pyridine rings is 1. The largest absolute Gasteiger partial charge is 0.387 e. The van der Waals surface area contributed by atoms with Gasteiger partial charge in [-0.2, -0.15) is 0 Å². The molecule has 0 amide bonds. The minimum Gasteiger partial charge on any atom is -0.387 e. The number of rotatable bonds is 5. The second-order valence-corrected chi connectivity index (χ2v) is 4.21. The topological polar surface area (TPSA) is 94.4 Å². The molecular weight excluding hydrogens is 256 g/mol. The van der Waals surface area contributed by atoms with Gasteiger partial charge in [0, 0.05) is 24.8 Å². The minimum absolute atomic E-state index is 0.0869. The highest BCUT2D eigenvalue weighted by Gasteiger charge is 2.04. The molecule has 0 aliphatic rings. The zero-order valence-electron chi connectivity index (χ0n) is 10.8. The van der Waals surface area contributed by atoms with Crippen LogP contribution in [0.5, 0.6) is 0 Å². The van der Waals surface area contributed by atoms with Crippen LogP contribution in [-0.2, 0) is 6.42 Å². The van der Waals surface area contributed by atoms with E-state index in [9.17, 15) is 10.1 Å². The fourth-order valence-corrected chi connectivity index (χ4v) is 1.68. The lowest BCUT2D eigenvalue weighted by atomic mass is 10.1. The van der Waals surface area contributed by atoms with Crippen LogP contribution in [0.3, 0.4) is 0 Å². The van der Waals surface area contributed by atoms with Gasteiger partial charge in [-0.3, -0.25) is 10.1 Å². The highest BCUT2D eigenvalue weighted by Crippen LogP contribution is 2.13. The molecule has 0 saturated heterocycles. The molecule has 0 unspecified atom stereocenters. The van der Waals surface area contributed by atoms with Crippen LogP contribution in [-0.4, -0.2) is 15.7 Å². The van der Waals surface area contributed by atoms with Crippen molar-refractivity contribution in [3.63, 3.8) is 0 Å². The van der Waals surface area contributed by atoms with Gasteiger partial charge in [0.2, 0.25) is 0 Å². The van der Waals surface area contributed by atoms with E-state index < -0.39 is 4.92 Å². The predicted molar refractivity (Wildman–Crippen MR) is 76.9 cm³/mol. The summed E-state index contributed by atoms with van der Waals surface area (Å²) < 4.78 is 0. The summed E-state index contributed by atoms with van der Waals surface area (Å²) in [6.07, 6.45) is 2.91. The van der Waals surface area contributed by atoms with Crippen molar-refractivity contribution in [2.75, 3.05) is 0 Å². The Labute approximate surface area is 116 Å². The van der Waals surface area contributed by atoms with Gasteiger partial charge < -0.3 is 5.73 Å². The summed E-state index contributed by atoms with van der Waals surface area (Å²) in [6, 6.07) is 11.9. The molecule has 0 bridgehead atoms. The fourth-order valence-electron chi connectivity index (χ4n) is 1.68. The van der Waals surface area contributed by atoms with Gasteiger partial charge in [-0.15, -0.1) is 0 Å². The molecule has 2 aromatic rings. The number of aromatic nitrogens is 1. The molecule has 0 spiro atoms. The fraction of sp³-hybridized carbons (Fsp3) is 0.143. The number of nitrogens with two attached hydrogens (primary N) is 1. The maximum Gasteiger partial charge on any atom is 0.269 e. The van der Waals surface area contributed by atoms with Crippen LogP contribution in [0.1, 0.15) is 12.0 Å². The smallest absolute Gasteiger partial charge is 0.269 e. The van der Waals surface area contributed by atoms with Crippen LogP contribution in [0.2, 0.25) is 0 Å². The SMILES string of the molecule is N/C(CCc1ccc([N+](=O)[O-])cc1)=N\c1ccccn1. The standard InChI is InChI=1S/C14H14N4O2/c15-13(17-14-3-1-2-10-16-14)9-6-11-4-7-12(8-5-11)18(19)20/h1-5,7-8,10H,6,9H2,(H2,15,16,17). The average Bonchev–Trinajstić information content (AvgIpc) is 2.46. The summed E-state index contributed by atoms with van der Waals surface area (Å²) in [5.74, 6) is 1.07. The van der Waals surface area contributed by atoms with Crippen molar-refractivity contribution in [2.24, 2.45) is 10.7 Å². The van der Waals surface area contributed by atoms with Crippen molar-refractivity contribution in [1.82, 2.24) is 4.98 Å². The summed E-state index contributed by atoms with van der Waals surface area (Å²) in [5.41, 5.74) is 6.90. The molecule has 0 fully saturated rings. The molecule has 1 heterocycles. The van der Waals surface area contributed by atoms with Gasteiger partial charge in [0.05, 0.1) is 4.92 Å². The second kappa shape index (κ2) is 6.42. The Balaban J connectivity index is 1.95. The first-order chi connectivity index (χ1) is 9.65. The summed E-state index contributed by atoms with van der Waals surface area (Å²) in [5, 5.41) is 10.5. The van der Waals surface area contributed by atoms with Gasteiger partial charge in [-0.25, -0.2) is 9.98 Å². The summed E-state index contributed by atoms with van der Waals surface area (Å²) in [7, 11) is 0. The number of nitro groups is 1. The van der Waals surface area contributed by atoms with Crippen molar-refractivity contribution in [2.45, 2.75) is 12.8 Å². The lowest BCUT2D eigenvalue weighted by Crippen LogP contribution is -2.12. The molecule has 20 heavy (non-hydrogen) atoms. The Morgan fingerprint density at radius 3 is 2.60 bits per heavy atom. The molecule has 102 valence electrons. The maximum atomic E-state index is 10.5. The predicted octanol–water partition coefficient (Wildman–Crippen LogP) is 2.61. The van der Waals surface area contributed by atoms with E-state index in [1.165, 1.54) is 12.1 Å². The summed E-state index contributed by atoms with van der Waals surface area (Å²) >= 11 is 0. The molecule has 0 radical (unpaired) electrons. The van der Waals surface area contributed by atoms with Crippen LogP contribution in [0.15, 0.2) is 53.7 Å². The third-order valence-corrected chi connectivity index (χ3v) is 2.72. The zero-order chi connectivity index (χ0) is 14.4. The van der Waals surface area contributed by atoms with Crippen LogP contribution >= 0.6 is 0 Å². The van der Waals surface area contributed by atoms with E-state index in [0.29, 0.717) is 24.5 Å². The first-order valence-electron chi connectivity index (χ1n) is 6.12. The first-order valence-corrected chi connectivity index (χ1v) is 6.12. The molecule has 6 nitrogen and oxygen atoms in total. The van der Waals surface area contributed by atoms with E-state index >= 15 is 0 Å². The first kappa shape index (κ1) is 13.7. The highest BCUT2D eigenvalue weighted by molar-refractivity contribution is 5.82. The van der Waals surface area contributed by atoms with Gasteiger partial charge in [0.1, 0.15) is 5.84 Å². The van der Waals surface area contributed by atoms with E-state index in [0.717, 1.165) is 5.56 Å². The van der Waals surface area contributed by atoms with Crippen LogP contribution in [0, 0.1) is 10.1 Å². The molecule has 0 aliphatic heterocycles. The maximum absolute atomic E-state index is 10.5. The van der Waals surface area contributed by atoms with E-state index in [2.05, 4.69) is 9.98 Å². The van der Waals surface area contributed by atoms with Crippen molar-refractivity contribution in [3.05, 3.63) is 64.3 Å². The lowest BCUT2D eigenvalue weighted by Gasteiger charge is -2.01. The Morgan fingerprint density at radius 1 is 1.25 bits per heavy atom. The van der Waals surface area contributed by atoms with Crippen molar-refractivity contribution < 1.29 is 4.92 Å². The molecule has 0 saturated carbocycles. The third kappa shape index (κ3) is 3.88. The Bertz CT molecular complexity index is 609. The number of nitro benzene ring substituents is 1. The van der Waals surface area contributed by atoms with Crippen LogP contribution in [0.25, 0.3) is 0 Å². The zero-order valence-corrected chi connectivity index (χ0v) is 10.8. The van der Waals surface area contributed by atoms with Gasteiger partial charge in [-0.1, -0.05) is 18.2 Å². The third-order valence-electron chi connectivity index (χ3n) is 2.72. The van der Waals surface area contributed by atoms with E-state index in [1.54, 1.807) is 24.4 Å². The van der Waals surface area contributed by atoms with Gasteiger partial charge in [0.15, 0.2) is 5.82 Å². The number of aryl methyl sites for hydroxylation is 1. The molecule has 6 heteroatoms. The molecular formula is C14H14N4O2. The Kier molecular flexibility index (Phi) is 4.39. The second-order valence-electron chi connectivity index (χ2n) is 4.21. The number of benzene rings is 1. The summed E-state index contributed by atoms with van der Waals surface area (Å²) in [6.45, 7) is 0. The number of non-ortho nitro benzene ring substituents is 1. The van der Waals surface area contributed by atoms with Gasteiger partial charge in [0.25, 0.3) is 5.69 Å². The van der Waals surface area contributed by atoms with Crippen LogP contribution < -0.4 is 5.73 Å². The van der Waals surface area contributed by atoms with Crippen LogP contribution in [0.4, 0.5) is 11.5 Å². The molecule has 1 aromatic heterocycles. The highest BCUT2D eigenvalue weighted by atomic mass is 16.6. The number of aliphatic imine (C=N–C) groups is 1. The molecule has 0 atom stereocenters. The van der Waals surface area contributed by atoms with E-state index in [1.807, 2.05) is 12.1 Å². The number of hydrogen-bond acceptors (Lipinski definition) is 4. The summed E-state index contributed by atoms with van der Waals surface area (Å²) in [4.78, 5) is 18.4. The minimum atomic E-state index is -0.416. The molecule has 1 aromatic carbocycles. The Hall–Kier alpha value is -2.76.